The van der Waals surface area contributed by atoms with Gasteiger partial charge in [-0.2, -0.15) is 0 Å². The van der Waals surface area contributed by atoms with Crippen LogP contribution in [0.3, 0.4) is 0 Å². The zero-order valence-corrected chi connectivity index (χ0v) is 17.9. The van der Waals surface area contributed by atoms with E-state index in [0.29, 0.717) is 6.04 Å². The second-order valence-electron chi connectivity index (χ2n) is 6.56. The van der Waals surface area contributed by atoms with E-state index in [9.17, 15) is 0 Å². The molecule has 136 valence electrons. The smallest absolute Gasteiger partial charge is 0.191 e. The Bertz CT molecular complexity index is 527. The molecular formula is C17H30IN5S. The van der Waals surface area contributed by atoms with Crippen LogP contribution in [0.25, 0.3) is 0 Å². The van der Waals surface area contributed by atoms with E-state index in [-0.39, 0.29) is 24.0 Å². The molecule has 1 unspecified atom stereocenters. The summed E-state index contributed by atoms with van der Waals surface area (Å²) in [6.45, 7) is 5.30. The van der Waals surface area contributed by atoms with Gasteiger partial charge in [-0.05, 0) is 25.7 Å². The van der Waals surface area contributed by atoms with Crippen LogP contribution in [0.5, 0.6) is 0 Å². The average Bonchev–Trinajstić information content (AvgIpc) is 3.31. The first kappa shape index (κ1) is 19.9. The predicted octanol–water partition coefficient (Wildman–Crippen LogP) is 3.01. The number of hydrogen-bond acceptors (Lipinski definition) is 4. The molecule has 1 aromatic heterocycles. The highest BCUT2D eigenvalue weighted by Crippen LogP contribution is 2.26. The second kappa shape index (κ2) is 9.91. The Labute approximate surface area is 166 Å². The van der Waals surface area contributed by atoms with E-state index in [1.54, 1.807) is 11.3 Å². The van der Waals surface area contributed by atoms with Crippen LogP contribution in [0.1, 0.15) is 48.9 Å². The summed E-state index contributed by atoms with van der Waals surface area (Å²) in [4.78, 5) is 12.8. The number of guanidine groups is 1. The highest BCUT2D eigenvalue weighted by Gasteiger charge is 2.30. The lowest BCUT2D eigenvalue weighted by Crippen LogP contribution is -2.45. The highest BCUT2D eigenvalue weighted by atomic mass is 127. The summed E-state index contributed by atoms with van der Waals surface area (Å²) in [6.07, 6.45) is 9.87. The molecule has 1 saturated heterocycles. The minimum absolute atomic E-state index is 0. The van der Waals surface area contributed by atoms with Crippen molar-refractivity contribution >= 4 is 41.3 Å². The summed E-state index contributed by atoms with van der Waals surface area (Å²) in [5.41, 5.74) is 0. The maximum atomic E-state index is 4.45. The van der Waals surface area contributed by atoms with Gasteiger partial charge < -0.3 is 10.6 Å². The molecule has 2 heterocycles. The molecule has 1 aliphatic carbocycles. The Balaban J connectivity index is 0.00000208. The van der Waals surface area contributed by atoms with E-state index in [0.717, 1.165) is 36.5 Å². The molecule has 0 aromatic carbocycles. The molecule has 5 nitrogen and oxygen atoms in total. The van der Waals surface area contributed by atoms with E-state index >= 15 is 0 Å². The first-order valence-corrected chi connectivity index (χ1v) is 9.75. The minimum atomic E-state index is 0. The molecule has 3 rings (SSSR count). The SMILES string of the molecule is CCc1cnc(CNC(=NC)NC2CCN(C3CCCC3)C2)s1.I. The molecule has 2 aliphatic rings. The lowest BCUT2D eigenvalue weighted by Gasteiger charge is -2.24. The number of nitrogens with one attached hydrogen (secondary N) is 2. The van der Waals surface area contributed by atoms with E-state index in [1.807, 2.05) is 13.2 Å². The molecule has 1 aromatic rings. The molecule has 1 aliphatic heterocycles. The van der Waals surface area contributed by atoms with Crippen molar-refractivity contribution in [3.8, 4) is 0 Å². The van der Waals surface area contributed by atoms with Crippen LogP contribution in [0, 0.1) is 0 Å². The third-order valence-corrected chi connectivity index (χ3v) is 6.12. The Morgan fingerprint density at radius 3 is 2.83 bits per heavy atom. The number of aliphatic imine (C=N–C) groups is 1. The monoisotopic (exact) mass is 463 g/mol. The van der Waals surface area contributed by atoms with E-state index < -0.39 is 0 Å². The lowest BCUT2D eigenvalue weighted by atomic mass is 10.2. The van der Waals surface area contributed by atoms with Gasteiger partial charge in [0.2, 0.25) is 0 Å². The van der Waals surface area contributed by atoms with Crippen LogP contribution in [0.2, 0.25) is 0 Å². The number of rotatable bonds is 5. The fourth-order valence-electron chi connectivity index (χ4n) is 3.65. The van der Waals surface area contributed by atoms with Crippen molar-refractivity contribution in [1.29, 1.82) is 0 Å². The van der Waals surface area contributed by atoms with Crippen molar-refractivity contribution in [2.45, 2.75) is 64.1 Å². The number of likely N-dealkylation sites (tertiary alicyclic amines) is 1. The van der Waals surface area contributed by atoms with Crippen LogP contribution in [0.15, 0.2) is 11.2 Å². The number of aromatic nitrogens is 1. The Kier molecular flexibility index (Phi) is 8.22. The number of thiazole rings is 1. The van der Waals surface area contributed by atoms with Gasteiger partial charge in [-0.25, -0.2) is 4.98 Å². The van der Waals surface area contributed by atoms with E-state index in [4.69, 9.17) is 0 Å². The molecule has 0 amide bonds. The summed E-state index contributed by atoms with van der Waals surface area (Å²) in [7, 11) is 1.85. The van der Waals surface area contributed by atoms with E-state index in [2.05, 4.69) is 32.4 Å². The standard InChI is InChI=1S/C17H29N5S.HI/c1-3-15-10-19-16(23-15)11-20-17(18-2)21-13-8-9-22(12-13)14-6-4-5-7-14;/h10,13-14H,3-9,11-12H2,1-2H3,(H2,18,20,21);1H. The first-order valence-electron chi connectivity index (χ1n) is 8.93. The zero-order valence-electron chi connectivity index (χ0n) is 14.8. The molecule has 1 atom stereocenters. The number of hydrogen-bond donors (Lipinski definition) is 2. The normalized spacial score (nSPS) is 22.6. The van der Waals surface area contributed by atoms with Crippen LogP contribution in [-0.4, -0.2) is 48.1 Å². The molecule has 7 heteroatoms. The Morgan fingerprint density at radius 2 is 2.17 bits per heavy atom. The maximum absolute atomic E-state index is 4.45. The maximum Gasteiger partial charge on any atom is 0.191 e. The predicted molar refractivity (Wildman–Crippen MR) is 112 cm³/mol. The van der Waals surface area contributed by atoms with Crippen molar-refractivity contribution in [2.24, 2.45) is 4.99 Å². The largest absolute Gasteiger partial charge is 0.352 e. The molecule has 1 saturated carbocycles. The zero-order chi connectivity index (χ0) is 16.1. The first-order chi connectivity index (χ1) is 11.3. The Morgan fingerprint density at radius 1 is 1.38 bits per heavy atom. The van der Waals surface area contributed by atoms with Gasteiger partial charge in [0.05, 0.1) is 6.54 Å². The number of halogens is 1. The lowest BCUT2D eigenvalue weighted by molar-refractivity contribution is 0.242. The number of nitrogens with zero attached hydrogens (tertiary/aromatic N) is 3. The van der Waals surface area contributed by atoms with Crippen LogP contribution < -0.4 is 10.6 Å². The van der Waals surface area contributed by atoms with Gasteiger partial charge in [0, 0.05) is 43.3 Å². The van der Waals surface area contributed by atoms with Crippen LogP contribution in [-0.2, 0) is 13.0 Å². The van der Waals surface area contributed by atoms with E-state index in [1.165, 1.54) is 43.5 Å². The van der Waals surface area contributed by atoms with Crippen molar-refractivity contribution in [3.63, 3.8) is 0 Å². The molecular weight excluding hydrogens is 433 g/mol. The van der Waals surface area contributed by atoms with Gasteiger partial charge in [0.25, 0.3) is 0 Å². The van der Waals surface area contributed by atoms with Gasteiger partial charge >= 0.3 is 0 Å². The average molecular weight is 463 g/mol. The molecule has 2 N–H and O–H groups in total. The quantitative estimate of drug-likeness (QED) is 0.401. The molecule has 2 fully saturated rings. The van der Waals surface area contributed by atoms with Crippen LogP contribution >= 0.6 is 35.3 Å². The summed E-state index contributed by atoms with van der Waals surface area (Å²) in [6, 6.07) is 1.35. The summed E-state index contributed by atoms with van der Waals surface area (Å²) in [5.74, 6) is 0.900. The third kappa shape index (κ3) is 5.29. The fourth-order valence-corrected chi connectivity index (χ4v) is 4.45. The summed E-state index contributed by atoms with van der Waals surface area (Å²) in [5, 5.41) is 8.12. The van der Waals surface area contributed by atoms with Gasteiger partial charge in [-0.15, -0.1) is 35.3 Å². The van der Waals surface area contributed by atoms with Gasteiger partial charge in [-0.3, -0.25) is 9.89 Å². The van der Waals surface area contributed by atoms with Crippen molar-refractivity contribution in [2.75, 3.05) is 20.1 Å². The van der Waals surface area contributed by atoms with Crippen LogP contribution in [0.4, 0.5) is 0 Å². The van der Waals surface area contributed by atoms with Crippen molar-refractivity contribution in [3.05, 3.63) is 16.1 Å². The fraction of sp³-hybridized carbons (Fsp3) is 0.765. The third-order valence-electron chi connectivity index (χ3n) is 4.98. The van der Waals surface area contributed by atoms with Gasteiger partial charge in [0.15, 0.2) is 5.96 Å². The molecule has 0 spiro atoms. The Hall–Kier alpha value is -0.410. The van der Waals surface area contributed by atoms with Crippen molar-refractivity contribution < 1.29 is 0 Å². The minimum Gasteiger partial charge on any atom is -0.352 e. The summed E-state index contributed by atoms with van der Waals surface area (Å²) < 4.78 is 0. The van der Waals surface area contributed by atoms with Gasteiger partial charge in [-0.1, -0.05) is 19.8 Å². The van der Waals surface area contributed by atoms with Crippen molar-refractivity contribution in [1.82, 2.24) is 20.5 Å². The molecule has 24 heavy (non-hydrogen) atoms. The number of aryl methyl sites for hydroxylation is 1. The summed E-state index contributed by atoms with van der Waals surface area (Å²) >= 11 is 1.78. The van der Waals surface area contributed by atoms with Gasteiger partial charge in [0.1, 0.15) is 5.01 Å². The second-order valence-corrected chi connectivity index (χ2v) is 7.76. The molecule has 0 bridgehead atoms. The molecule has 0 radical (unpaired) electrons. The highest BCUT2D eigenvalue weighted by molar-refractivity contribution is 14.0. The topological polar surface area (TPSA) is 52.6 Å².